The number of aliphatic hydroxyl groups is 1. The molecule has 0 amide bonds. The van der Waals surface area contributed by atoms with E-state index in [2.05, 4.69) is 35.5 Å². The highest BCUT2D eigenvalue weighted by Crippen LogP contribution is 2.37. The van der Waals surface area contributed by atoms with Crippen LogP contribution in [0.3, 0.4) is 0 Å². The lowest BCUT2D eigenvalue weighted by Crippen LogP contribution is -2.50. The third-order valence-corrected chi connectivity index (χ3v) is 5.52. The van der Waals surface area contributed by atoms with E-state index in [0.29, 0.717) is 13.0 Å². The van der Waals surface area contributed by atoms with Crippen LogP contribution in [0.2, 0.25) is 0 Å². The van der Waals surface area contributed by atoms with Crippen LogP contribution in [0, 0.1) is 0 Å². The van der Waals surface area contributed by atoms with E-state index in [4.69, 9.17) is 19.0 Å². The molecule has 142 valence electrons. The van der Waals surface area contributed by atoms with Crippen molar-refractivity contribution in [1.29, 1.82) is 0 Å². The van der Waals surface area contributed by atoms with Gasteiger partial charge in [-0.2, -0.15) is 0 Å². The van der Waals surface area contributed by atoms with E-state index in [-0.39, 0.29) is 12.2 Å². The van der Waals surface area contributed by atoms with Crippen molar-refractivity contribution in [1.82, 2.24) is 0 Å². The summed E-state index contributed by atoms with van der Waals surface area (Å²) in [4.78, 5) is 5.68. The summed E-state index contributed by atoms with van der Waals surface area (Å²) in [5.74, 6) is -0.720. The molecule has 1 unspecified atom stereocenters. The van der Waals surface area contributed by atoms with Crippen LogP contribution in [0.15, 0.2) is 47.6 Å². The average Bonchev–Trinajstić information content (AvgIpc) is 3.26. The monoisotopic (exact) mass is 369 g/mol. The molecule has 0 bridgehead atoms. The third-order valence-electron chi connectivity index (χ3n) is 5.52. The molecular formula is C21H23NO5. The summed E-state index contributed by atoms with van der Waals surface area (Å²) in [5.41, 5.74) is 1.79. The molecule has 2 fully saturated rings. The number of ether oxygens (including phenoxy) is 3. The second-order valence-corrected chi connectivity index (χ2v) is 7.87. The molecule has 0 aliphatic carbocycles. The largest absolute Gasteiger partial charge is 0.387 e. The van der Waals surface area contributed by atoms with Crippen molar-refractivity contribution in [2.45, 2.75) is 56.6 Å². The summed E-state index contributed by atoms with van der Waals surface area (Å²) in [5, 5.41) is 17.3. The Balaban J connectivity index is 1.31. The van der Waals surface area contributed by atoms with Crippen LogP contribution in [0.5, 0.6) is 0 Å². The molecule has 3 aliphatic heterocycles. The molecule has 0 spiro atoms. The van der Waals surface area contributed by atoms with E-state index >= 15 is 0 Å². The predicted octanol–water partition coefficient (Wildman–Crippen LogP) is 2.94. The van der Waals surface area contributed by atoms with E-state index in [9.17, 15) is 5.11 Å². The number of hydrogen-bond donors (Lipinski definition) is 1. The minimum atomic E-state index is -0.782. The maximum Gasteiger partial charge on any atom is 0.163 e. The fourth-order valence-electron chi connectivity index (χ4n) is 4.09. The topological polar surface area (TPSA) is 69.5 Å². The first kappa shape index (κ1) is 17.1. The van der Waals surface area contributed by atoms with Crippen molar-refractivity contribution in [3.05, 3.63) is 48.0 Å². The molecule has 0 radical (unpaired) electrons. The molecule has 3 heterocycles. The van der Waals surface area contributed by atoms with Gasteiger partial charge in [0.15, 0.2) is 11.9 Å². The third kappa shape index (κ3) is 3.02. The van der Waals surface area contributed by atoms with E-state index in [1.165, 1.54) is 10.8 Å². The van der Waals surface area contributed by atoms with Gasteiger partial charge in [0, 0.05) is 6.42 Å². The smallest absolute Gasteiger partial charge is 0.163 e. The Morgan fingerprint density at radius 2 is 1.93 bits per heavy atom. The van der Waals surface area contributed by atoms with Gasteiger partial charge in [-0.05, 0) is 36.2 Å². The molecule has 5 atom stereocenters. The Morgan fingerprint density at radius 3 is 2.78 bits per heavy atom. The van der Waals surface area contributed by atoms with Crippen molar-refractivity contribution >= 4 is 16.5 Å². The molecule has 6 nitrogen and oxygen atoms in total. The van der Waals surface area contributed by atoms with Gasteiger partial charge in [0.1, 0.15) is 24.4 Å². The fraction of sp³-hybridized carbons (Fsp3) is 0.476. The number of fused-ring (bicyclic) bond motifs is 2. The number of rotatable bonds is 2. The van der Waals surface area contributed by atoms with Gasteiger partial charge in [-0.25, -0.2) is 0 Å². The van der Waals surface area contributed by atoms with E-state index in [1.807, 2.05) is 26.0 Å². The minimum Gasteiger partial charge on any atom is -0.387 e. The molecule has 6 heteroatoms. The zero-order chi connectivity index (χ0) is 18.6. The molecule has 27 heavy (non-hydrogen) atoms. The van der Waals surface area contributed by atoms with Crippen molar-refractivity contribution in [3.63, 3.8) is 0 Å². The molecule has 3 aliphatic rings. The number of benzene rings is 2. The van der Waals surface area contributed by atoms with E-state index < -0.39 is 24.1 Å². The molecule has 2 saturated heterocycles. The molecule has 1 N–H and O–H groups in total. The Kier molecular flexibility index (Phi) is 3.98. The molecule has 2 aromatic rings. The molecule has 0 aromatic heterocycles. The predicted molar refractivity (Wildman–Crippen MR) is 99.4 cm³/mol. The zero-order valence-corrected chi connectivity index (χ0v) is 15.4. The van der Waals surface area contributed by atoms with E-state index in [0.717, 1.165) is 11.3 Å². The Labute approximate surface area is 157 Å². The van der Waals surface area contributed by atoms with Crippen molar-refractivity contribution in [3.8, 4) is 0 Å². The second-order valence-electron chi connectivity index (χ2n) is 7.87. The maximum absolute atomic E-state index is 10.7. The number of hydrogen-bond acceptors (Lipinski definition) is 6. The first-order valence-electron chi connectivity index (χ1n) is 9.37. The van der Waals surface area contributed by atoms with Crippen molar-refractivity contribution in [2.24, 2.45) is 5.16 Å². The minimum absolute atomic E-state index is 0.170. The standard InChI is InChI=1S/C21H23NO5/c1-21(2)24-11-17-20(26-21)18(23)19(25-17)15-10-16(27-22-15)14-8-7-12-5-3-4-6-13(12)9-14/h3-9,16-20,23H,10-11H2,1-2H3/t16?,17-,18+,19-,20+/m1/s1. The lowest BCUT2D eigenvalue weighted by Gasteiger charge is -2.37. The van der Waals surface area contributed by atoms with Crippen molar-refractivity contribution < 1.29 is 24.2 Å². The Morgan fingerprint density at radius 1 is 1.11 bits per heavy atom. The zero-order valence-electron chi connectivity index (χ0n) is 15.4. The van der Waals surface area contributed by atoms with Gasteiger partial charge in [0.25, 0.3) is 0 Å². The Hall–Kier alpha value is -1.99. The van der Waals surface area contributed by atoms with Gasteiger partial charge in [-0.1, -0.05) is 41.6 Å². The lowest BCUT2D eigenvalue weighted by molar-refractivity contribution is -0.300. The first-order chi connectivity index (χ1) is 13.0. The highest BCUT2D eigenvalue weighted by Gasteiger charge is 2.52. The van der Waals surface area contributed by atoms with Crippen LogP contribution in [-0.2, 0) is 19.0 Å². The second kappa shape index (κ2) is 6.27. The molecule has 2 aromatic carbocycles. The summed E-state index contributed by atoms with van der Waals surface area (Å²) in [6, 6.07) is 14.5. The summed E-state index contributed by atoms with van der Waals surface area (Å²) in [6.07, 6.45) is -1.60. The summed E-state index contributed by atoms with van der Waals surface area (Å²) in [6.45, 7) is 4.08. The highest BCUT2D eigenvalue weighted by molar-refractivity contribution is 5.91. The van der Waals surface area contributed by atoms with Crippen molar-refractivity contribution in [2.75, 3.05) is 6.61 Å². The first-order valence-corrected chi connectivity index (χ1v) is 9.37. The van der Waals surface area contributed by atoms with Crippen LogP contribution >= 0.6 is 0 Å². The van der Waals surface area contributed by atoms with E-state index in [1.54, 1.807) is 0 Å². The summed E-state index contributed by atoms with van der Waals surface area (Å²) >= 11 is 0. The fourth-order valence-corrected chi connectivity index (χ4v) is 4.09. The number of nitrogens with zero attached hydrogens (tertiary/aromatic N) is 1. The van der Waals surface area contributed by atoms with Gasteiger partial charge in [0.05, 0.1) is 12.3 Å². The van der Waals surface area contributed by atoms with Gasteiger partial charge >= 0.3 is 0 Å². The highest BCUT2D eigenvalue weighted by atomic mass is 16.7. The maximum atomic E-state index is 10.7. The number of aliphatic hydroxyl groups excluding tert-OH is 1. The number of oxime groups is 1. The normalized spacial score (nSPS) is 34.9. The summed E-state index contributed by atoms with van der Waals surface area (Å²) in [7, 11) is 0. The lowest BCUT2D eigenvalue weighted by atomic mass is 9.96. The van der Waals surface area contributed by atoms with Crippen LogP contribution in [0.4, 0.5) is 0 Å². The average molecular weight is 369 g/mol. The molecular weight excluding hydrogens is 346 g/mol. The van der Waals surface area contributed by atoms with Crippen LogP contribution in [0.1, 0.15) is 31.9 Å². The SMILES string of the molecule is CC1(C)OC[C@H]2O[C@H](C3=NOC(c4ccc5ccccc5c4)C3)[C@H](O)[C@H]2O1. The van der Waals surface area contributed by atoms with Gasteiger partial charge in [-0.15, -0.1) is 0 Å². The molecule has 0 saturated carbocycles. The van der Waals surface area contributed by atoms with Crippen LogP contribution < -0.4 is 0 Å². The molecule has 5 rings (SSSR count). The Bertz CT molecular complexity index is 895. The summed E-state index contributed by atoms with van der Waals surface area (Å²) < 4.78 is 17.5. The van der Waals surface area contributed by atoms with Crippen LogP contribution in [-0.4, -0.2) is 47.6 Å². The van der Waals surface area contributed by atoms with Crippen LogP contribution in [0.25, 0.3) is 10.8 Å². The van der Waals surface area contributed by atoms with Gasteiger partial charge in [0.2, 0.25) is 0 Å². The van der Waals surface area contributed by atoms with Gasteiger partial charge < -0.3 is 24.2 Å². The van der Waals surface area contributed by atoms with Gasteiger partial charge in [-0.3, -0.25) is 0 Å². The quantitative estimate of drug-likeness (QED) is 0.881.